The highest BCUT2D eigenvalue weighted by molar-refractivity contribution is 5.65. The number of unbranched alkanes of at least 4 members (excludes halogenated alkanes) is 1. The molecule has 0 aliphatic carbocycles. The third-order valence-corrected chi connectivity index (χ3v) is 5.14. The van der Waals surface area contributed by atoms with Gasteiger partial charge < -0.3 is 9.84 Å². The van der Waals surface area contributed by atoms with Crippen LogP contribution in [0.3, 0.4) is 0 Å². The molecule has 1 fully saturated rings. The number of hydrogen-bond donors (Lipinski definition) is 1. The van der Waals surface area contributed by atoms with Crippen molar-refractivity contribution in [1.29, 1.82) is 0 Å². The molecule has 1 unspecified atom stereocenters. The normalized spacial score (nSPS) is 29.9. The molecule has 1 N–H and O–H groups in total. The Kier molecular flexibility index (Phi) is 9.24. The number of aliphatic hydroxyl groups is 1. The van der Waals surface area contributed by atoms with Crippen molar-refractivity contribution < 1.29 is 24.4 Å². The van der Waals surface area contributed by atoms with Crippen molar-refractivity contribution in [3.63, 3.8) is 0 Å². The minimum atomic E-state index is -0.856. The summed E-state index contributed by atoms with van der Waals surface area (Å²) in [6.45, 7) is 9.94. The molecule has 5 atom stereocenters. The van der Waals surface area contributed by atoms with Crippen molar-refractivity contribution >= 4 is 5.97 Å². The Morgan fingerprint density at radius 3 is 2.62 bits per heavy atom. The van der Waals surface area contributed by atoms with Gasteiger partial charge in [0.05, 0.1) is 0 Å². The predicted octanol–water partition coefficient (Wildman–Crippen LogP) is 4.02. The number of ether oxygens (including phenoxy) is 1. The summed E-state index contributed by atoms with van der Waals surface area (Å²) in [5.74, 6) is 0.432. The van der Waals surface area contributed by atoms with Gasteiger partial charge in [-0.3, -0.25) is 4.79 Å². The first-order valence-electron chi connectivity index (χ1n) is 9.51. The molecule has 1 aliphatic heterocycles. The highest BCUT2D eigenvalue weighted by atomic mass is 17.2. The number of carbonyl (C=O) groups excluding carboxylic acids is 1. The number of rotatable bonds is 10. The minimum Gasteiger partial charge on any atom is -0.463 e. The lowest BCUT2D eigenvalue weighted by Crippen LogP contribution is -2.49. The van der Waals surface area contributed by atoms with Crippen LogP contribution in [-0.4, -0.2) is 35.5 Å². The molecule has 0 amide bonds. The number of esters is 1. The Balaban J connectivity index is 2.62. The highest BCUT2D eigenvalue weighted by Gasteiger charge is 2.43. The van der Waals surface area contributed by atoms with Crippen LogP contribution in [0, 0.1) is 11.8 Å². The molecule has 1 aliphatic rings. The molecule has 5 nitrogen and oxygen atoms in total. The van der Waals surface area contributed by atoms with Crippen molar-refractivity contribution in [2.45, 2.75) is 97.4 Å². The molecule has 142 valence electrons. The van der Waals surface area contributed by atoms with Gasteiger partial charge in [-0.2, -0.15) is 0 Å². The van der Waals surface area contributed by atoms with Gasteiger partial charge in [-0.05, 0) is 31.6 Å². The molecule has 0 aromatic rings. The van der Waals surface area contributed by atoms with Crippen LogP contribution in [-0.2, 0) is 19.3 Å². The fourth-order valence-corrected chi connectivity index (χ4v) is 3.68. The van der Waals surface area contributed by atoms with E-state index in [4.69, 9.17) is 14.5 Å². The smallest absolute Gasteiger partial charge is 0.302 e. The maximum atomic E-state index is 10.9. The fourth-order valence-electron chi connectivity index (χ4n) is 3.68. The largest absolute Gasteiger partial charge is 0.463 e. The second kappa shape index (κ2) is 10.4. The van der Waals surface area contributed by atoms with Gasteiger partial charge in [-0.25, -0.2) is 9.78 Å². The molecule has 0 bridgehead atoms. The van der Waals surface area contributed by atoms with Crippen molar-refractivity contribution in [1.82, 2.24) is 0 Å². The van der Waals surface area contributed by atoms with Gasteiger partial charge in [0, 0.05) is 6.92 Å². The van der Waals surface area contributed by atoms with Crippen molar-refractivity contribution in [3.05, 3.63) is 0 Å². The Labute approximate surface area is 147 Å². The van der Waals surface area contributed by atoms with Gasteiger partial charge in [-0.1, -0.05) is 52.9 Å². The van der Waals surface area contributed by atoms with Crippen molar-refractivity contribution in [2.75, 3.05) is 6.61 Å². The summed E-state index contributed by atoms with van der Waals surface area (Å²) in [6, 6.07) is 0. The van der Waals surface area contributed by atoms with Crippen LogP contribution in [0.25, 0.3) is 0 Å². The minimum absolute atomic E-state index is 0.0509. The van der Waals surface area contributed by atoms with Gasteiger partial charge >= 0.3 is 5.97 Å². The van der Waals surface area contributed by atoms with Gasteiger partial charge in [0.15, 0.2) is 0 Å². The number of aliphatic hydroxyl groups excluding tert-OH is 1. The van der Waals surface area contributed by atoms with Crippen LogP contribution >= 0.6 is 0 Å². The van der Waals surface area contributed by atoms with E-state index in [9.17, 15) is 9.90 Å². The van der Waals surface area contributed by atoms with E-state index in [2.05, 4.69) is 27.7 Å². The molecule has 0 saturated carbocycles. The van der Waals surface area contributed by atoms with Gasteiger partial charge in [0.1, 0.15) is 24.4 Å². The van der Waals surface area contributed by atoms with Gasteiger partial charge in [0.25, 0.3) is 0 Å². The molecule has 0 aromatic carbocycles. The predicted molar refractivity (Wildman–Crippen MR) is 93.3 cm³/mol. The SMILES string of the molecule is CCCC[C@H](CC)CC1(C)C[C@@H](CC)[C@@H]([C@H](O)COC(C)=O)OO1. The lowest BCUT2D eigenvalue weighted by Gasteiger charge is -2.43. The monoisotopic (exact) mass is 344 g/mol. The van der Waals surface area contributed by atoms with Crippen molar-refractivity contribution in [2.24, 2.45) is 11.8 Å². The topological polar surface area (TPSA) is 65.0 Å². The first kappa shape index (κ1) is 21.4. The molecule has 0 spiro atoms. The van der Waals surface area contributed by atoms with E-state index in [-0.39, 0.29) is 18.1 Å². The van der Waals surface area contributed by atoms with E-state index in [1.165, 1.54) is 26.2 Å². The average molecular weight is 344 g/mol. The lowest BCUT2D eigenvalue weighted by molar-refractivity contribution is -0.430. The zero-order chi connectivity index (χ0) is 18.2. The summed E-state index contributed by atoms with van der Waals surface area (Å²) < 4.78 is 4.90. The maximum Gasteiger partial charge on any atom is 0.302 e. The van der Waals surface area contributed by atoms with E-state index < -0.39 is 18.2 Å². The fraction of sp³-hybridized carbons (Fsp3) is 0.947. The first-order chi connectivity index (χ1) is 11.3. The summed E-state index contributed by atoms with van der Waals surface area (Å²) in [5, 5.41) is 10.3. The molecule has 24 heavy (non-hydrogen) atoms. The third kappa shape index (κ3) is 6.69. The highest BCUT2D eigenvalue weighted by Crippen LogP contribution is 2.39. The number of carbonyl (C=O) groups is 1. The second-order valence-corrected chi connectivity index (χ2v) is 7.46. The maximum absolute atomic E-state index is 10.9. The summed E-state index contributed by atoms with van der Waals surface area (Å²) in [5.41, 5.74) is -0.313. The molecule has 1 saturated heterocycles. The standard InChI is InChI=1S/C19H36O5/c1-6-9-10-15(7-2)11-19(5)12-16(8-3)18(23-24-19)17(21)13-22-14(4)20/h15-18,21H,6-13H2,1-5H3/t15-,16+,17+,18-,19?/m0/s1. The van der Waals surface area contributed by atoms with E-state index in [0.717, 1.165) is 25.7 Å². The van der Waals surface area contributed by atoms with Crippen LogP contribution in [0.4, 0.5) is 0 Å². The van der Waals surface area contributed by atoms with E-state index in [1.54, 1.807) is 0 Å². The van der Waals surface area contributed by atoms with E-state index >= 15 is 0 Å². The molecule has 1 heterocycles. The van der Waals surface area contributed by atoms with Crippen LogP contribution in [0.5, 0.6) is 0 Å². The summed E-state index contributed by atoms with van der Waals surface area (Å²) in [7, 11) is 0. The lowest BCUT2D eigenvalue weighted by atomic mass is 9.78. The van der Waals surface area contributed by atoms with Crippen molar-refractivity contribution in [3.8, 4) is 0 Å². The molecular weight excluding hydrogens is 308 g/mol. The van der Waals surface area contributed by atoms with Gasteiger partial charge in [0.2, 0.25) is 0 Å². The Bertz CT molecular complexity index is 373. The quantitative estimate of drug-likeness (QED) is 0.479. The van der Waals surface area contributed by atoms with Crippen LogP contribution in [0.15, 0.2) is 0 Å². The van der Waals surface area contributed by atoms with E-state index in [1.807, 2.05) is 0 Å². The number of hydrogen-bond acceptors (Lipinski definition) is 5. The van der Waals surface area contributed by atoms with Crippen LogP contribution in [0.1, 0.15) is 79.6 Å². The summed E-state index contributed by atoms with van der Waals surface area (Å²) >= 11 is 0. The summed E-state index contributed by atoms with van der Waals surface area (Å²) in [4.78, 5) is 22.3. The zero-order valence-electron chi connectivity index (χ0n) is 16.0. The second-order valence-electron chi connectivity index (χ2n) is 7.46. The Hall–Kier alpha value is -0.650. The first-order valence-corrected chi connectivity index (χ1v) is 9.51. The Morgan fingerprint density at radius 2 is 2.08 bits per heavy atom. The Morgan fingerprint density at radius 1 is 1.38 bits per heavy atom. The average Bonchev–Trinajstić information content (AvgIpc) is 2.56. The molecule has 0 aromatic heterocycles. The molecular formula is C19H36O5. The third-order valence-electron chi connectivity index (χ3n) is 5.14. The van der Waals surface area contributed by atoms with Crippen LogP contribution in [0.2, 0.25) is 0 Å². The molecule has 1 rings (SSSR count). The van der Waals surface area contributed by atoms with Crippen LogP contribution < -0.4 is 0 Å². The zero-order valence-corrected chi connectivity index (χ0v) is 16.0. The molecule has 0 radical (unpaired) electrons. The van der Waals surface area contributed by atoms with Gasteiger partial charge in [-0.15, -0.1) is 0 Å². The molecule has 5 heteroatoms. The van der Waals surface area contributed by atoms with E-state index in [0.29, 0.717) is 5.92 Å². The summed E-state index contributed by atoms with van der Waals surface area (Å²) in [6.07, 6.45) is 6.26.